The smallest absolute Gasteiger partial charge is 0.0216 e. The van der Waals surface area contributed by atoms with Gasteiger partial charge in [-0.3, -0.25) is 0 Å². The lowest BCUT2D eigenvalue weighted by Gasteiger charge is -2.30. The molecule has 1 saturated heterocycles. The molecule has 0 aliphatic carbocycles. The van der Waals surface area contributed by atoms with Gasteiger partial charge >= 0.3 is 0 Å². The first kappa shape index (κ1) is 10.6. The van der Waals surface area contributed by atoms with Gasteiger partial charge in [0.25, 0.3) is 0 Å². The van der Waals surface area contributed by atoms with Crippen LogP contribution in [0.1, 0.15) is 26.2 Å². The van der Waals surface area contributed by atoms with Crippen LogP contribution in [0.25, 0.3) is 0 Å². The van der Waals surface area contributed by atoms with Gasteiger partial charge in [-0.05, 0) is 45.3 Å². The van der Waals surface area contributed by atoms with Gasteiger partial charge in [-0.1, -0.05) is 0 Å². The lowest BCUT2D eigenvalue weighted by Crippen LogP contribution is -2.36. The van der Waals surface area contributed by atoms with Gasteiger partial charge in [-0.25, -0.2) is 0 Å². The first-order valence-electron chi connectivity index (χ1n) is 5.19. The van der Waals surface area contributed by atoms with Gasteiger partial charge in [0, 0.05) is 13.0 Å². The summed E-state index contributed by atoms with van der Waals surface area (Å²) in [6.45, 7) is 6.34. The average molecular weight is 180 g/mol. The lowest BCUT2D eigenvalue weighted by molar-refractivity contribution is 0.191. The highest BCUT2D eigenvalue weighted by Gasteiger charge is 2.16. The predicted octanol–water partition coefficient (Wildman–Crippen LogP) is 1.07. The largest absolute Gasteiger partial charge is 0.330 e. The van der Waals surface area contributed by atoms with E-state index in [1.165, 1.54) is 25.9 Å². The highest BCUT2D eigenvalue weighted by Crippen LogP contribution is 2.15. The third-order valence-corrected chi connectivity index (χ3v) is 2.77. The number of hydrogen-bond donors (Lipinski definition) is 1. The SMILES string of the molecule is CC#CCCN1CCC(CN)CC1. The molecule has 0 saturated carbocycles. The highest BCUT2D eigenvalue weighted by molar-refractivity contribution is 4.95. The van der Waals surface area contributed by atoms with Crippen LogP contribution in [0.5, 0.6) is 0 Å². The van der Waals surface area contributed by atoms with E-state index in [0.717, 1.165) is 25.4 Å². The molecule has 1 aliphatic rings. The van der Waals surface area contributed by atoms with Gasteiger partial charge in [0.2, 0.25) is 0 Å². The topological polar surface area (TPSA) is 29.3 Å². The van der Waals surface area contributed by atoms with Crippen molar-refractivity contribution in [3.05, 3.63) is 0 Å². The van der Waals surface area contributed by atoms with Gasteiger partial charge in [-0.15, -0.1) is 11.8 Å². The molecule has 0 aromatic rings. The van der Waals surface area contributed by atoms with Crippen LogP contribution in [0.3, 0.4) is 0 Å². The molecule has 0 aromatic carbocycles. The van der Waals surface area contributed by atoms with Crippen LogP contribution in [-0.4, -0.2) is 31.1 Å². The molecule has 1 rings (SSSR count). The van der Waals surface area contributed by atoms with E-state index >= 15 is 0 Å². The highest BCUT2D eigenvalue weighted by atomic mass is 15.1. The summed E-state index contributed by atoms with van der Waals surface area (Å²) in [5.74, 6) is 6.81. The molecule has 0 atom stereocenters. The van der Waals surface area contributed by atoms with Gasteiger partial charge in [0.05, 0.1) is 0 Å². The molecule has 2 nitrogen and oxygen atoms in total. The maximum atomic E-state index is 5.63. The number of hydrogen-bond acceptors (Lipinski definition) is 2. The Balaban J connectivity index is 2.12. The summed E-state index contributed by atoms with van der Waals surface area (Å²) < 4.78 is 0. The normalized spacial score (nSPS) is 19.5. The van der Waals surface area contributed by atoms with Crippen LogP contribution < -0.4 is 5.73 Å². The Bertz CT molecular complexity index is 182. The van der Waals surface area contributed by atoms with Crippen LogP contribution in [0.2, 0.25) is 0 Å². The minimum atomic E-state index is 0.772. The van der Waals surface area contributed by atoms with Crippen molar-refractivity contribution in [2.24, 2.45) is 11.7 Å². The van der Waals surface area contributed by atoms with Crippen molar-refractivity contribution in [1.29, 1.82) is 0 Å². The van der Waals surface area contributed by atoms with Gasteiger partial charge in [0.1, 0.15) is 0 Å². The summed E-state index contributed by atoms with van der Waals surface area (Å²) >= 11 is 0. The predicted molar refractivity (Wildman–Crippen MR) is 56.3 cm³/mol. The lowest BCUT2D eigenvalue weighted by atomic mass is 9.97. The molecule has 74 valence electrons. The molecule has 1 aliphatic heterocycles. The molecule has 0 amide bonds. The van der Waals surface area contributed by atoms with Gasteiger partial charge in [0.15, 0.2) is 0 Å². The molecule has 1 heterocycles. The zero-order valence-electron chi connectivity index (χ0n) is 8.55. The van der Waals surface area contributed by atoms with Crippen LogP contribution >= 0.6 is 0 Å². The third-order valence-electron chi connectivity index (χ3n) is 2.77. The molecule has 2 N–H and O–H groups in total. The second-order valence-corrected chi connectivity index (χ2v) is 3.70. The van der Waals surface area contributed by atoms with Crippen molar-refractivity contribution in [3.63, 3.8) is 0 Å². The minimum absolute atomic E-state index is 0.772. The summed E-state index contributed by atoms with van der Waals surface area (Å²) in [5, 5.41) is 0. The van der Waals surface area contributed by atoms with E-state index in [0.29, 0.717) is 0 Å². The first-order valence-corrected chi connectivity index (χ1v) is 5.19. The van der Waals surface area contributed by atoms with Crippen LogP contribution in [0.4, 0.5) is 0 Å². The van der Waals surface area contributed by atoms with Crippen LogP contribution in [0.15, 0.2) is 0 Å². The first-order chi connectivity index (χ1) is 6.36. The fourth-order valence-electron chi connectivity index (χ4n) is 1.78. The summed E-state index contributed by atoms with van der Waals surface area (Å²) in [7, 11) is 0. The fraction of sp³-hybridized carbons (Fsp3) is 0.818. The van der Waals surface area contributed by atoms with E-state index in [1.54, 1.807) is 0 Å². The number of likely N-dealkylation sites (tertiary alicyclic amines) is 1. The zero-order chi connectivity index (χ0) is 9.52. The van der Waals surface area contributed by atoms with Crippen molar-refractivity contribution in [1.82, 2.24) is 4.90 Å². The molecule has 0 spiro atoms. The standard InChI is InChI=1S/C11H20N2/c1-2-3-4-7-13-8-5-11(10-12)6-9-13/h11H,4-10,12H2,1H3. The van der Waals surface area contributed by atoms with Crippen molar-refractivity contribution < 1.29 is 0 Å². The number of nitrogens with two attached hydrogens (primary N) is 1. The van der Waals surface area contributed by atoms with E-state index < -0.39 is 0 Å². The average Bonchev–Trinajstić information content (AvgIpc) is 2.19. The molecule has 0 bridgehead atoms. The third kappa shape index (κ3) is 3.80. The summed E-state index contributed by atoms with van der Waals surface area (Å²) in [6.07, 6.45) is 3.57. The van der Waals surface area contributed by atoms with Crippen LogP contribution in [0, 0.1) is 17.8 Å². The van der Waals surface area contributed by atoms with Gasteiger partial charge < -0.3 is 10.6 Å². The van der Waals surface area contributed by atoms with Gasteiger partial charge in [-0.2, -0.15) is 0 Å². The van der Waals surface area contributed by atoms with Crippen LogP contribution in [-0.2, 0) is 0 Å². The maximum Gasteiger partial charge on any atom is 0.0216 e. The minimum Gasteiger partial charge on any atom is -0.330 e. The molecule has 0 unspecified atom stereocenters. The zero-order valence-corrected chi connectivity index (χ0v) is 8.55. The molecular weight excluding hydrogens is 160 g/mol. The Kier molecular flexibility index (Phi) is 4.88. The van der Waals surface area contributed by atoms with Crippen molar-refractivity contribution in [3.8, 4) is 11.8 Å². The van der Waals surface area contributed by atoms with E-state index in [1.807, 2.05) is 6.92 Å². The van der Waals surface area contributed by atoms with E-state index in [-0.39, 0.29) is 0 Å². The van der Waals surface area contributed by atoms with E-state index in [9.17, 15) is 0 Å². The Labute approximate surface area is 81.5 Å². The molecule has 1 fully saturated rings. The summed E-state index contributed by atoms with van der Waals surface area (Å²) in [4.78, 5) is 2.50. The number of rotatable bonds is 3. The second kappa shape index (κ2) is 6.01. The quantitative estimate of drug-likeness (QED) is 0.658. The molecule has 0 aromatic heterocycles. The monoisotopic (exact) mass is 180 g/mol. The Hall–Kier alpha value is -0.520. The van der Waals surface area contributed by atoms with Crippen molar-refractivity contribution in [2.45, 2.75) is 26.2 Å². The summed E-state index contributed by atoms with van der Waals surface area (Å²) in [6, 6.07) is 0. The van der Waals surface area contributed by atoms with E-state index in [4.69, 9.17) is 5.73 Å². The molecule has 13 heavy (non-hydrogen) atoms. The molecular formula is C11H20N2. The number of piperidine rings is 1. The maximum absolute atomic E-state index is 5.63. The molecule has 2 heteroatoms. The Morgan fingerprint density at radius 1 is 1.38 bits per heavy atom. The Morgan fingerprint density at radius 2 is 2.08 bits per heavy atom. The fourth-order valence-corrected chi connectivity index (χ4v) is 1.78. The molecule has 0 radical (unpaired) electrons. The van der Waals surface area contributed by atoms with Crippen molar-refractivity contribution >= 4 is 0 Å². The van der Waals surface area contributed by atoms with Crippen molar-refractivity contribution in [2.75, 3.05) is 26.2 Å². The summed E-state index contributed by atoms with van der Waals surface area (Å²) in [5.41, 5.74) is 5.63. The van der Waals surface area contributed by atoms with E-state index in [2.05, 4.69) is 16.7 Å². The second-order valence-electron chi connectivity index (χ2n) is 3.70. The Morgan fingerprint density at radius 3 is 2.62 bits per heavy atom. The number of nitrogens with zero attached hydrogens (tertiary/aromatic N) is 1.